The number of aliphatic hydroxyl groups is 1. The molecule has 23 heavy (non-hydrogen) atoms. The number of rotatable bonds is 5. The number of hydrogen-bond donors (Lipinski definition) is 2. The Hall–Kier alpha value is -1.83. The van der Waals surface area contributed by atoms with Gasteiger partial charge in [0, 0.05) is 6.07 Å². The van der Waals surface area contributed by atoms with E-state index >= 15 is 0 Å². The van der Waals surface area contributed by atoms with Gasteiger partial charge in [0.05, 0.1) is 17.7 Å². The number of alkyl halides is 3. The maximum Gasteiger partial charge on any atom is 0.422 e. The zero-order valence-electron chi connectivity index (χ0n) is 12.3. The topological polar surface area (TPSA) is 58.6 Å². The van der Waals surface area contributed by atoms with E-state index in [0.717, 1.165) is 31.0 Å². The summed E-state index contributed by atoms with van der Waals surface area (Å²) < 4.78 is 54.4. The van der Waals surface area contributed by atoms with Gasteiger partial charge in [-0.1, -0.05) is 12.8 Å². The predicted molar refractivity (Wildman–Crippen MR) is 74.6 cm³/mol. The van der Waals surface area contributed by atoms with Gasteiger partial charge in [0.1, 0.15) is 11.6 Å². The average molecular weight is 335 g/mol. The monoisotopic (exact) mass is 335 g/mol. The number of anilines is 1. The number of ether oxygens (including phenoxy) is 1. The van der Waals surface area contributed by atoms with Crippen molar-refractivity contribution < 1.29 is 32.2 Å². The molecule has 1 saturated carbocycles. The molecule has 0 bridgehead atoms. The summed E-state index contributed by atoms with van der Waals surface area (Å²) in [7, 11) is 0. The number of carbonyl (C=O) groups excluding carboxylic acids is 1. The minimum absolute atomic E-state index is 0.0674. The molecule has 0 aliphatic heterocycles. The summed E-state index contributed by atoms with van der Waals surface area (Å²) in [5, 5.41) is 12.5. The lowest BCUT2D eigenvalue weighted by atomic mass is 9.97. The summed E-state index contributed by atoms with van der Waals surface area (Å²) in [4.78, 5) is 12.0. The Balaban J connectivity index is 2.04. The molecule has 0 spiro atoms. The van der Waals surface area contributed by atoms with Crippen LogP contribution in [0.25, 0.3) is 0 Å². The van der Waals surface area contributed by atoms with Crippen LogP contribution in [0.5, 0.6) is 5.75 Å². The molecule has 1 aromatic rings. The smallest absolute Gasteiger partial charge is 0.422 e. The van der Waals surface area contributed by atoms with Crippen LogP contribution in [0.4, 0.5) is 23.2 Å². The standard InChI is InChI=1S/C15H17F4NO3/c16-10-3-4-11(12(7-10)23-9-15(17,18)19)20-13(21)8-14(22)5-1-2-6-14/h3-4,7,22H,1-2,5-6,8-9H2,(H,20,21). The van der Waals surface area contributed by atoms with Crippen LogP contribution < -0.4 is 10.1 Å². The quantitative estimate of drug-likeness (QED) is 0.811. The van der Waals surface area contributed by atoms with Gasteiger partial charge in [-0.15, -0.1) is 0 Å². The first-order valence-corrected chi connectivity index (χ1v) is 7.18. The van der Waals surface area contributed by atoms with Crippen molar-refractivity contribution >= 4 is 11.6 Å². The van der Waals surface area contributed by atoms with E-state index < -0.39 is 35.9 Å². The van der Waals surface area contributed by atoms with Crippen molar-refractivity contribution in [1.29, 1.82) is 0 Å². The summed E-state index contributed by atoms with van der Waals surface area (Å²) in [5.41, 5.74) is -1.15. The molecule has 0 radical (unpaired) electrons. The molecular weight excluding hydrogens is 318 g/mol. The van der Waals surface area contributed by atoms with Crippen molar-refractivity contribution in [3.63, 3.8) is 0 Å². The van der Waals surface area contributed by atoms with Crippen LogP contribution in [-0.2, 0) is 4.79 Å². The van der Waals surface area contributed by atoms with Gasteiger partial charge in [-0.2, -0.15) is 13.2 Å². The molecule has 2 N–H and O–H groups in total. The molecule has 1 amide bonds. The zero-order valence-corrected chi connectivity index (χ0v) is 12.3. The number of amides is 1. The van der Waals surface area contributed by atoms with Gasteiger partial charge >= 0.3 is 6.18 Å². The number of halogens is 4. The largest absolute Gasteiger partial charge is 0.482 e. The number of hydrogen-bond acceptors (Lipinski definition) is 3. The first-order chi connectivity index (χ1) is 10.7. The van der Waals surface area contributed by atoms with Crippen LogP contribution in [0.1, 0.15) is 32.1 Å². The first-order valence-electron chi connectivity index (χ1n) is 7.18. The highest BCUT2D eigenvalue weighted by molar-refractivity contribution is 5.92. The normalized spacial score (nSPS) is 17.1. The fourth-order valence-corrected chi connectivity index (χ4v) is 2.58. The van der Waals surface area contributed by atoms with Gasteiger partial charge in [0.15, 0.2) is 6.61 Å². The minimum atomic E-state index is -4.58. The van der Waals surface area contributed by atoms with E-state index in [0.29, 0.717) is 12.8 Å². The van der Waals surface area contributed by atoms with E-state index in [1.54, 1.807) is 0 Å². The zero-order chi connectivity index (χ0) is 17.1. The summed E-state index contributed by atoms with van der Waals surface area (Å²) in [6.07, 6.45) is -2.10. The fraction of sp³-hybridized carbons (Fsp3) is 0.533. The van der Waals surface area contributed by atoms with Gasteiger partial charge in [0.2, 0.25) is 5.91 Å². The Morgan fingerprint density at radius 3 is 2.57 bits per heavy atom. The van der Waals surface area contributed by atoms with E-state index in [1.165, 1.54) is 0 Å². The van der Waals surface area contributed by atoms with E-state index in [9.17, 15) is 27.5 Å². The highest BCUT2D eigenvalue weighted by Crippen LogP contribution is 2.33. The van der Waals surface area contributed by atoms with Crippen molar-refractivity contribution in [2.75, 3.05) is 11.9 Å². The summed E-state index contributed by atoms with van der Waals surface area (Å²) in [5.74, 6) is -1.75. The van der Waals surface area contributed by atoms with Crippen molar-refractivity contribution in [3.05, 3.63) is 24.0 Å². The third-order valence-corrected chi connectivity index (χ3v) is 3.63. The van der Waals surface area contributed by atoms with Crippen LogP contribution in [0.3, 0.4) is 0 Å². The highest BCUT2D eigenvalue weighted by Gasteiger charge is 2.34. The Kier molecular flexibility index (Phi) is 5.13. The van der Waals surface area contributed by atoms with Crippen LogP contribution >= 0.6 is 0 Å². The van der Waals surface area contributed by atoms with Gasteiger partial charge in [-0.3, -0.25) is 4.79 Å². The molecule has 1 aromatic carbocycles. The van der Waals surface area contributed by atoms with E-state index in [4.69, 9.17) is 0 Å². The SMILES string of the molecule is O=C(CC1(O)CCCC1)Nc1ccc(F)cc1OCC(F)(F)F. The average Bonchev–Trinajstić information content (AvgIpc) is 2.84. The maximum atomic E-state index is 13.2. The highest BCUT2D eigenvalue weighted by atomic mass is 19.4. The molecule has 8 heteroatoms. The van der Waals surface area contributed by atoms with Crippen molar-refractivity contribution in [2.45, 2.75) is 43.9 Å². The second-order valence-electron chi connectivity index (χ2n) is 5.70. The van der Waals surface area contributed by atoms with Crippen molar-refractivity contribution in [3.8, 4) is 5.75 Å². The third-order valence-electron chi connectivity index (χ3n) is 3.63. The predicted octanol–water partition coefficient (Wildman–Crippen LogP) is 3.40. The lowest BCUT2D eigenvalue weighted by molar-refractivity contribution is -0.153. The maximum absolute atomic E-state index is 13.2. The lowest BCUT2D eigenvalue weighted by Crippen LogP contribution is -2.31. The Morgan fingerprint density at radius 1 is 1.30 bits per heavy atom. The molecule has 0 saturated heterocycles. The van der Waals surface area contributed by atoms with Crippen LogP contribution in [-0.4, -0.2) is 29.4 Å². The molecule has 4 nitrogen and oxygen atoms in total. The molecule has 128 valence electrons. The van der Waals surface area contributed by atoms with Gasteiger partial charge in [-0.25, -0.2) is 4.39 Å². The third kappa shape index (κ3) is 5.38. The summed E-state index contributed by atoms with van der Waals surface area (Å²) in [6, 6.07) is 2.89. The van der Waals surface area contributed by atoms with Crippen LogP contribution in [0.2, 0.25) is 0 Å². The minimum Gasteiger partial charge on any atom is -0.482 e. The van der Waals surface area contributed by atoms with Gasteiger partial charge in [-0.05, 0) is 25.0 Å². The van der Waals surface area contributed by atoms with E-state index in [2.05, 4.69) is 10.1 Å². The van der Waals surface area contributed by atoms with E-state index in [1.807, 2.05) is 0 Å². The molecule has 1 fully saturated rings. The number of benzene rings is 1. The van der Waals surface area contributed by atoms with Gasteiger partial charge in [0.25, 0.3) is 0 Å². The van der Waals surface area contributed by atoms with Crippen molar-refractivity contribution in [2.24, 2.45) is 0 Å². The molecule has 0 atom stereocenters. The lowest BCUT2D eigenvalue weighted by Gasteiger charge is -2.21. The van der Waals surface area contributed by atoms with Crippen LogP contribution in [0, 0.1) is 5.82 Å². The summed E-state index contributed by atoms with van der Waals surface area (Å²) >= 11 is 0. The fourth-order valence-electron chi connectivity index (χ4n) is 2.58. The molecule has 0 heterocycles. The Labute approximate surface area is 130 Å². The van der Waals surface area contributed by atoms with E-state index in [-0.39, 0.29) is 12.1 Å². The Bertz CT molecular complexity index is 568. The van der Waals surface area contributed by atoms with Crippen LogP contribution in [0.15, 0.2) is 18.2 Å². The number of nitrogens with one attached hydrogen (secondary N) is 1. The first kappa shape index (κ1) is 17.5. The molecule has 0 unspecified atom stereocenters. The second kappa shape index (κ2) is 6.74. The van der Waals surface area contributed by atoms with Crippen molar-refractivity contribution in [1.82, 2.24) is 0 Å². The Morgan fingerprint density at radius 2 is 1.96 bits per heavy atom. The van der Waals surface area contributed by atoms with Gasteiger partial charge < -0.3 is 15.2 Å². The molecule has 1 aliphatic rings. The number of carbonyl (C=O) groups is 1. The summed E-state index contributed by atoms with van der Waals surface area (Å²) in [6.45, 7) is -1.59. The second-order valence-corrected chi connectivity index (χ2v) is 5.70. The molecule has 1 aliphatic carbocycles. The molecule has 0 aromatic heterocycles. The molecular formula is C15H17F4NO3. The molecule has 2 rings (SSSR count).